The molecule has 1 saturated carbocycles. The molecular weight excluding hydrogens is 254 g/mol. The van der Waals surface area contributed by atoms with Crippen molar-refractivity contribution in [1.29, 1.82) is 0 Å². The van der Waals surface area contributed by atoms with Gasteiger partial charge in [-0.15, -0.1) is 0 Å². The summed E-state index contributed by atoms with van der Waals surface area (Å²) in [5.74, 6) is 0.0301. The lowest BCUT2D eigenvalue weighted by molar-refractivity contribution is -0.124. The van der Waals surface area contributed by atoms with Gasteiger partial charge < -0.3 is 15.2 Å². The van der Waals surface area contributed by atoms with E-state index in [1.807, 2.05) is 44.2 Å². The van der Waals surface area contributed by atoms with E-state index in [9.17, 15) is 9.90 Å². The lowest BCUT2D eigenvalue weighted by atomic mass is 10.0. The number of rotatable bonds is 7. The van der Waals surface area contributed by atoms with Crippen molar-refractivity contribution in [2.24, 2.45) is 5.92 Å². The smallest absolute Gasteiger partial charge is 0.226 e. The molecule has 1 aromatic carbocycles. The van der Waals surface area contributed by atoms with Gasteiger partial charge in [-0.05, 0) is 32.3 Å². The van der Waals surface area contributed by atoms with Gasteiger partial charge in [-0.1, -0.05) is 30.3 Å². The summed E-state index contributed by atoms with van der Waals surface area (Å²) in [6.07, 6.45) is 0.870. The summed E-state index contributed by atoms with van der Waals surface area (Å²) in [5.41, 5.74) is 0.882. The molecule has 0 saturated heterocycles. The van der Waals surface area contributed by atoms with Crippen LogP contribution in [0.15, 0.2) is 30.3 Å². The van der Waals surface area contributed by atoms with Crippen LogP contribution in [0.25, 0.3) is 0 Å². The predicted octanol–water partition coefficient (Wildman–Crippen LogP) is 2.04. The van der Waals surface area contributed by atoms with E-state index in [-0.39, 0.29) is 24.0 Å². The normalized spacial score (nSPS) is 23.9. The van der Waals surface area contributed by atoms with E-state index in [2.05, 4.69) is 5.32 Å². The first kappa shape index (κ1) is 15.0. The van der Waals surface area contributed by atoms with Gasteiger partial charge in [0.1, 0.15) is 0 Å². The van der Waals surface area contributed by atoms with E-state index in [1.54, 1.807) is 0 Å². The maximum absolute atomic E-state index is 11.9. The van der Waals surface area contributed by atoms with Gasteiger partial charge in [0.05, 0.1) is 18.1 Å². The molecule has 1 aliphatic rings. The van der Waals surface area contributed by atoms with Crippen molar-refractivity contribution in [2.75, 3.05) is 6.61 Å². The minimum absolute atomic E-state index is 0.00809. The molecule has 1 amide bonds. The predicted molar refractivity (Wildman–Crippen MR) is 77.1 cm³/mol. The Morgan fingerprint density at radius 1 is 1.45 bits per heavy atom. The Morgan fingerprint density at radius 2 is 2.15 bits per heavy atom. The number of aliphatic hydroxyl groups is 1. The van der Waals surface area contributed by atoms with Crippen LogP contribution in [0.5, 0.6) is 0 Å². The maximum atomic E-state index is 11.9. The molecule has 1 aromatic rings. The van der Waals surface area contributed by atoms with Gasteiger partial charge in [0, 0.05) is 12.6 Å². The Balaban J connectivity index is 1.75. The maximum Gasteiger partial charge on any atom is 0.226 e. The van der Waals surface area contributed by atoms with Crippen LogP contribution in [0.2, 0.25) is 0 Å². The highest BCUT2D eigenvalue weighted by Crippen LogP contribution is 2.34. The highest BCUT2D eigenvalue weighted by molar-refractivity contribution is 5.82. The fraction of sp³-hybridized carbons (Fsp3) is 0.562. The van der Waals surface area contributed by atoms with Gasteiger partial charge in [-0.25, -0.2) is 0 Å². The van der Waals surface area contributed by atoms with Crippen LogP contribution in [-0.4, -0.2) is 29.8 Å². The number of nitrogens with one attached hydrogen (secondary N) is 1. The average molecular weight is 277 g/mol. The van der Waals surface area contributed by atoms with Crippen LogP contribution in [-0.2, 0) is 9.53 Å². The number of ether oxygens (including phenoxy) is 1. The Morgan fingerprint density at radius 3 is 2.80 bits per heavy atom. The molecule has 110 valence electrons. The minimum Gasteiger partial charge on any atom is -0.388 e. The van der Waals surface area contributed by atoms with Crippen LogP contribution in [0.1, 0.15) is 38.4 Å². The van der Waals surface area contributed by atoms with Crippen molar-refractivity contribution in [3.8, 4) is 0 Å². The highest BCUT2D eigenvalue weighted by atomic mass is 16.5. The second-order valence-corrected chi connectivity index (χ2v) is 5.41. The summed E-state index contributed by atoms with van der Waals surface area (Å²) in [4.78, 5) is 11.9. The zero-order valence-electron chi connectivity index (χ0n) is 12.1. The molecule has 4 unspecified atom stereocenters. The van der Waals surface area contributed by atoms with Gasteiger partial charge in [0.2, 0.25) is 5.91 Å². The van der Waals surface area contributed by atoms with E-state index in [4.69, 9.17) is 4.74 Å². The molecule has 4 atom stereocenters. The third kappa shape index (κ3) is 4.05. The summed E-state index contributed by atoms with van der Waals surface area (Å²) in [6, 6.07) is 9.46. The molecule has 1 fully saturated rings. The highest BCUT2D eigenvalue weighted by Gasteiger charge is 2.44. The first-order chi connectivity index (χ1) is 9.61. The topological polar surface area (TPSA) is 58.6 Å². The molecule has 4 heteroatoms. The molecule has 2 rings (SSSR count). The average Bonchev–Trinajstić information content (AvgIpc) is 3.19. The van der Waals surface area contributed by atoms with Crippen LogP contribution in [0.4, 0.5) is 0 Å². The van der Waals surface area contributed by atoms with E-state index in [0.29, 0.717) is 13.0 Å². The van der Waals surface area contributed by atoms with E-state index in [0.717, 1.165) is 12.0 Å². The monoisotopic (exact) mass is 277 g/mol. The third-order valence-electron chi connectivity index (χ3n) is 3.60. The number of carbonyl (C=O) groups excluding carboxylic acids is 1. The van der Waals surface area contributed by atoms with Crippen molar-refractivity contribution in [3.05, 3.63) is 35.9 Å². The fourth-order valence-electron chi connectivity index (χ4n) is 2.40. The van der Waals surface area contributed by atoms with E-state index >= 15 is 0 Å². The van der Waals surface area contributed by atoms with Gasteiger partial charge in [-0.3, -0.25) is 4.79 Å². The third-order valence-corrected chi connectivity index (χ3v) is 3.60. The lowest BCUT2D eigenvalue weighted by Crippen LogP contribution is -2.35. The Labute approximate surface area is 120 Å². The van der Waals surface area contributed by atoms with E-state index < -0.39 is 6.10 Å². The summed E-state index contributed by atoms with van der Waals surface area (Å²) in [6.45, 7) is 4.50. The standard InChI is InChI=1S/C16H23NO3/c1-3-20-15-10-13(15)16(19)17-11(2)9-14(18)12-7-5-4-6-8-12/h4-8,11,13-15,18H,3,9-10H2,1-2H3,(H,17,19). The summed E-state index contributed by atoms with van der Waals surface area (Å²) >= 11 is 0. The molecule has 1 aliphatic carbocycles. The quantitative estimate of drug-likeness (QED) is 0.802. The minimum atomic E-state index is -0.548. The molecule has 20 heavy (non-hydrogen) atoms. The number of aliphatic hydroxyl groups excluding tert-OH is 1. The zero-order valence-corrected chi connectivity index (χ0v) is 12.1. The van der Waals surface area contributed by atoms with Gasteiger partial charge >= 0.3 is 0 Å². The van der Waals surface area contributed by atoms with Crippen LogP contribution in [0.3, 0.4) is 0 Å². The number of carbonyl (C=O) groups is 1. The first-order valence-corrected chi connectivity index (χ1v) is 7.26. The fourth-order valence-corrected chi connectivity index (χ4v) is 2.40. The van der Waals surface area contributed by atoms with Crippen LogP contribution < -0.4 is 5.32 Å². The zero-order chi connectivity index (χ0) is 14.5. The molecular formula is C16H23NO3. The molecule has 4 nitrogen and oxygen atoms in total. The van der Waals surface area contributed by atoms with Crippen LogP contribution >= 0.6 is 0 Å². The van der Waals surface area contributed by atoms with Gasteiger partial charge in [0.15, 0.2) is 0 Å². The van der Waals surface area contributed by atoms with Gasteiger partial charge in [0.25, 0.3) is 0 Å². The molecule has 0 aromatic heterocycles. The van der Waals surface area contributed by atoms with E-state index in [1.165, 1.54) is 0 Å². The van der Waals surface area contributed by atoms with Crippen molar-refractivity contribution in [2.45, 2.75) is 44.9 Å². The Hall–Kier alpha value is -1.39. The second kappa shape index (κ2) is 6.86. The van der Waals surface area contributed by atoms with Crippen molar-refractivity contribution in [1.82, 2.24) is 5.32 Å². The second-order valence-electron chi connectivity index (χ2n) is 5.41. The molecule has 0 aliphatic heterocycles. The SMILES string of the molecule is CCOC1CC1C(=O)NC(C)CC(O)c1ccccc1. The number of hydrogen-bond donors (Lipinski definition) is 2. The number of benzene rings is 1. The summed E-state index contributed by atoms with van der Waals surface area (Å²) < 4.78 is 5.41. The molecule has 2 N–H and O–H groups in total. The van der Waals surface area contributed by atoms with Crippen molar-refractivity contribution in [3.63, 3.8) is 0 Å². The molecule has 0 radical (unpaired) electrons. The largest absolute Gasteiger partial charge is 0.388 e. The van der Waals surface area contributed by atoms with Crippen LogP contribution in [0, 0.1) is 5.92 Å². The summed E-state index contributed by atoms with van der Waals surface area (Å²) in [7, 11) is 0. The Kier molecular flexibility index (Phi) is 5.15. The van der Waals surface area contributed by atoms with Crippen molar-refractivity contribution >= 4 is 5.91 Å². The molecule has 0 spiro atoms. The Bertz CT molecular complexity index is 435. The number of hydrogen-bond acceptors (Lipinski definition) is 3. The first-order valence-electron chi connectivity index (χ1n) is 7.26. The van der Waals surface area contributed by atoms with Crippen molar-refractivity contribution < 1.29 is 14.6 Å². The number of amides is 1. The molecule has 0 bridgehead atoms. The van der Waals surface area contributed by atoms with Gasteiger partial charge in [-0.2, -0.15) is 0 Å². The lowest BCUT2D eigenvalue weighted by Gasteiger charge is -2.18. The summed E-state index contributed by atoms with van der Waals surface area (Å²) in [5, 5.41) is 13.1. The molecule has 0 heterocycles.